The smallest absolute Gasteiger partial charge is 0.264 e. The lowest BCUT2D eigenvalue weighted by molar-refractivity contribution is 0.0798. The minimum Gasteiger partial charge on any atom is -0.492 e. The van der Waals surface area contributed by atoms with Gasteiger partial charge in [-0.05, 0) is 67.9 Å². The first-order valence-electron chi connectivity index (χ1n) is 12.9. The lowest BCUT2D eigenvalue weighted by Crippen LogP contribution is -2.33. The fourth-order valence-corrected chi connectivity index (χ4v) is 6.06. The Kier molecular flexibility index (Phi) is 6.70. The molecule has 4 aromatic rings. The topological polar surface area (TPSA) is 63.0 Å². The van der Waals surface area contributed by atoms with Crippen LogP contribution in [0.3, 0.4) is 0 Å². The Labute approximate surface area is 215 Å². The van der Waals surface area contributed by atoms with Crippen LogP contribution in [0.1, 0.15) is 41.8 Å². The molecule has 0 atom stereocenters. The van der Waals surface area contributed by atoms with Gasteiger partial charge in [-0.25, -0.2) is 9.50 Å². The van der Waals surface area contributed by atoms with Crippen LogP contribution < -0.4 is 4.74 Å². The molecule has 2 aliphatic heterocycles. The molecule has 186 valence electrons. The third kappa shape index (κ3) is 4.75. The highest BCUT2D eigenvalue weighted by molar-refractivity contribution is 7.12. The van der Waals surface area contributed by atoms with Crippen LogP contribution in [0.5, 0.6) is 5.75 Å². The maximum Gasteiger partial charge on any atom is 0.264 e. The molecule has 7 nitrogen and oxygen atoms in total. The summed E-state index contributed by atoms with van der Waals surface area (Å²) in [6.07, 6.45) is 11.8. The van der Waals surface area contributed by atoms with Gasteiger partial charge in [0.2, 0.25) is 0 Å². The third-order valence-corrected chi connectivity index (χ3v) is 8.11. The lowest BCUT2D eigenvalue weighted by atomic mass is 10.1. The van der Waals surface area contributed by atoms with E-state index in [9.17, 15) is 4.79 Å². The molecule has 8 heteroatoms. The molecule has 2 saturated heterocycles. The van der Waals surface area contributed by atoms with E-state index in [1.807, 2.05) is 47.1 Å². The number of hydrogen-bond donors (Lipinski definition) is 0. The van der Waals surface area contributed by atoms with Crippen molar-refractivity contribution in [2.24, 2.45) is 0 Å². The standard InChI is InChI=1S/C28H31N5O2S/c34-28(32-13-4-5-14-32)26-24(10-17-36-26)25-19-30-33-20-22(18-29-27(25)33)21-6-8-23(9-7-21)35-16-15-31-11-2-1-3-12-31/h6-10,17-20H,1-5,11-16H2. The molecule has 0 aliphatic carbocycles. The van der Waals surface area contributed by atoms with Gasteiger partial charge in [-0.15, -0.1) is 11.3 Å². The number of thiophene rings is 1. The molecule has 0 N–H and O–H groups in total. The summed E-state index contributed by atoms with van der Waals surface area (Å²) in [7, 11) is 0. The third-order valence-electron chi connectivity index (χ3n) is 7.21. The van der Waals surface area contributed by atoms with Crippen LogP contribution in [0, 0.1) is 0 Å². The number of rotatable bonds is 7. The largest absolute Gasteiger partial charge is 0.492 e. The first-order valence-corrected chi connectivity index (χ1v) is 13.8. The van der Waals surface area contributed by atoms with Crippen LogP contribution in [0.2, 0.25) is 0 Å². The lowest BCUT2D eigenvalue weighted by Gasteiger charge is -2.26. The number of piperidine rings is 1. The summed E-state index contributed by atoms with van der Waals surface area (Å²) in [5, 5.41) is 6.54. The van der Waals surface area contributed by atoms with Gasteiger partial charge in [0.15, 0.2) is 5.65 Å². The second-order valence-corrected chi connectivity index (χ2v) is 10.5. The number of hydrogen-bond acceptors (Lipinski definition) is 6. The van der Waals surface area contributed by atoms with E-state index < -0.39 is 0 Å². The molecule has 6 rings (SSSR count). The number of carbonyl (C=O) groups is 1. The van der Waals surface area contributed by atoms with Crippen LogP contribution in [0.15, 0.2) is 54.3 Å². The van der Waals surface area contributed by atoms with Gasteiger partial charge in [0.1, 0.15) is 17.2 Å². The fraction of sp³-hybridized carbons (Fsp3) is 0.393. The predicted molar refractivity (Wildman–Crippen MR) is 143 cm³/mol. The highest BCUT2D eigenvalue weighted by Gasteiger charge is 2.25. The second-order valence-electron chi connectivity index (χ2n) is 9.61. The normalized spacial score (nSPS) is 16.6. The zero-order chi connectivity index (χ0) is 24.3. The number of carbonyl (C=O) groups excluding carboxylic acids is 1. The van der Waals surface area contributed by atoms with E-state index >= 15 is 0 Å². The van der Waals surface area contributed by atoms with E-state index in [2.05, 4.69) is 22.1 Å². The number of amides is 1. The van der Waals surface area contributed by atoms with Gasteiger partial charge >= 0.3 is 0 Å². The summed E-state index contributed by atoms with van der Waals surface area (Å²) in [5.74, 6) is 1.01. The monoisotopic (exact) mass is 501 g/mol. The molecule has 36 heavy (non-hydrogen) atoms. The average Bonchev–Trinajstić information content (AvgIpc) is 3.70. The number of aromatic nitrogens is 3. The minimum absolute atomic E-state index is 0.117. The van der Waals surface area contributed by atoms with Gasteiger partial charge in [0.05, 0.1) is 6.20 Å². The van der Waals surface area contributed by atoms with Crippen molar-refractivity contribution in [1.29, 1.82) is 0 Å². The molecule has 0 unspecified atom stereocenters. The Morgan fingerprint density at radius 2 is 1.67 bits per heavy atom. The number of fused-ring (bicyclic) bond motifs is 1. The van der Waals surface area contributed by atoms with Crippen LogP contribution in [0.25, 0.3) is 27.9 Å². The van der Waals surface area contributed by atoms with Crippen molar-refractivity contribution in [3.8, 4) is 28.0 Å². The van der Waals surface area contributed by atoms with Crippen molar-refractivity contribution in [1.82, 2.24) is 24.4 Å². The number of benzene rings is 1. The molecule has 1 aromatic carbocycles. The van der Waals surface area contributed by atoms with Gasteiger partial charge in [-0.1, -0.05) is 18.6 Å². The van der Waals surface area contributed by atoms with Crippen LogP contribution in [0.4, 0.5) is 0 Å². The number of nitrogens with zero attached hydrogens (tertiary/aromatic N) is 5. The Bertz CT molecular complexity index is 1330. The van der Waals surface area contributed by atoms with E-state index in [0.717, 1.165) is 71.0 Å². The summed E-state index contributed by atoms with van der Waals surface area (Å²) in [6, 6.07) is 10.2. The first-order chi connectivity index (χ1) is 17.8. The summed E-state index contributed by atoms with van der Waals surface area (Å²) in [5.41, 5.74) is 4.60. The fourth-order valence-electron chi connectivity index (χ4n) is 5.18. The zero-order valence-corrected chi connectivity index (χ0v) is 21.3. The molecule has 0 saturated carbocycles. The van der Waals surface area contributed by atoms with Crippen LogP contribution in [-0.2, 0) is 0 Å². The molecule has 5 heterocycles. The van der Waals surface area contributed by atoms with Gasteiger partial charge < -0.3 is 9.64 Å². The van der Waals surface area contributed by atoms with Crippen molar-refractivity contribution >= 4 is 22.9 Å². The molecule has 0 radical (unpaired) electrons. The van der Waals surface area contributed by atoms with Gasteiger partial charge in [0.25, 0.3) is 5.91 Å². The second kappa shape index (κ2) is 10.4. The van der Waals surface area contributed by atoms with Crippen molar-refractivity contribution in [2.75, 3.05) is 39.3 Å². The molecule has 0 bridgehead atoms. The maximum absolute atomic E-state index is 13.0. The van der Waals surface area contributed by atoms with Gasteiger partial charge in [0, 0.05) is 48.7 Å². The number of ether oxygens (including phenoxy) is 1. The molecule has 0 spiro atoms. The molecule has 2 fully saturated rings. The van der Waals surface area contributed by atoms with E-state index in [4.69, 9.17) is 9.72 Å². The van der Waals surface area contributed by atoms with E-state index in [1.54, 1.807) is 4.52 Å². The molecule has 3 aromatic heterocycles. The van der Waals surface area contributed by atoms with E-state index in [-0.39, 0.29) is 5.91 Å². The van der Waals surface area contributed by atoms with Crippen LogP contribution >= 0.6 is 11.3 Å². The Hall–Kier alpha value is -3.23. The molecular weight excluding hydrogens is 470 g/mol. The summed E-state index contributed by atoms with van der Waals surface area (Å²) in [6.45, 7) is 5.77. The van der Waals surface area contributed by atoms with Crippen LogP contribution in [-0.4, -0.2) is 69.6 Å². The molecule has 2 aliphatic rings. The highest BCUT2D eigenvalue weighted by atomic mass is 32.1. The van der Waals surface area contributed by atoms with Crippen molar-refractivity contribution < 1.29 is 9.53 Å². The Morgan fingerprint density at radius 3 is 2.47 bits per heavy atom. The number of likely N-dealkylation sites (tertiary alicyclic amines) is 2. The highest BCUT2D eigenvalue weighted by Crippen LogP contribution is 2.33. The summed E-state index contributed by atoms with van der Waals surface area (Å²) >= 11 is 1.50. The van der Waals surface area contributed by atoms with E-state index in [0.29, 0.717) is 6.61 Å². The zero-order valence-electron chi connectivity index (χ0n) is 20.4. The summed E-state index contributed by atoms with van der Waals surface area (Å²) in [4.78, 5) is 23.0. The van der Waals surface area contributed by atoms with Crippen molar-refractivity contribution in [2.45, 2.75) is 32.1 Å². The predicted octanol–water partition coefficient (Wildman–Crippen LogP) is 5.23. The first kappa shape index (κ1) is 23.2. The quantitative estimate of drug-likeness (QED) is 0.347. The molecular formula is C28H31N5O2S. The van der Waals surface area contributed by atoms with Crippen molar-refractivity contribution in [3.63, 3.8) is 0 Å². The molecule has 1 amide bonds. The average molecular weight is 502 g/mol. The maximum atomic E-state index is 13.0. The minimum atomic E-state index is 0.117. The Balaban J connectivity index is 1.16. The summed E-state index contributed by atoms with van der Waals surface area (Å²) < 4.78 is 7.78. The van der Waals surface area contributed by atoms with Crippen molar-refractivity contribution in [3.05, 3.63) is 59.2 Å². The van der Waals surface area contributed by atoms with Gasteiger partial charge in [-0.2, -0.15) is 5.10 Å². The van der Waals surface area contributed by atoms with Gasteiger partial charge in [-0.3, -0.25) is 9.69 Å². The Morgan fingerprint density at radius 1 is 0.889 bits per heavy atom. The van der Waals surface area contributed by atoms with E-state index in [1.165, 1.54) is 43.7 Å². The SMILES string of the molecule is O=C(c1sccc1-c1cnn2cc(-c3ccc(OCCN4CCCCC4)cc3)cnc12)N1CCCC1.